The van der Waals surface area contributed by atoms with Crippen LogP contribution in [0.4, 0.5) is 0 Å². The molecule has 3 atom stereocenters. The molecule has 1 fully saturated rings. The van der Waals surface area contributed by atoms with Crippen molar-refractivity contribution in [3.63, 3.8) is 0 Å². The van der Waals surface area contributed by atoms with Gasteiger partial charge in [-0.3, -0.25) is 14.0 Å². The molecule has 6 nitrogen and oxygen atoms in total. The summed E-state index contributed by atoms with van der Waals surface area (Å²) in [6.45, 7) is 6.44. The number of imidazole rings is 1. The lowest BCUT2D eigenvalue weighted by molar-refractivity contribution is -0.0772. The van der Waals surface area contributed by atoms with E-state index in [9.17, 15) is 9.90 Å². The molecule has 24 heavy (non-hydrogen) atoms. The number of fused-ring (bicyclic) bond motifs is 1. The van der Waals surface area contributed by atoms with Crippen LogP contribution in [0.15, 0.2) is 23.0 Å². The zero-order valence-electron chi connectivity index (χ0n) is 14.3. The van der Waals surface area contributed by atoms with Crippen molar-refractivity contribution in [1.29, 1.82) is 0 Å². The van der Waals surface area contributed by atoms with Gasteiger partial charge in [0.05, 0.1) is 35.9 Å². The van der Waals surface area contributed by atoms with Gasteiger partial charge in [0.25, 0.3) is 0 Å². The second-order valence-corrected chi connectivity index (χ2v) is 7.15. The maximum atomic E-state index is 12.5. The van der Waals surface area contributed by atoms with Crippen molar-refractivity contribution in [2.24, 2.45) is 7.05 Å². The summed E-state index contributed by atoms with van der Waals surface area (Å²) in [5.41, 5.74) is 1.41. The number of β-amino-alcohol motifs (C(OH)–C–C–N with tert-alkyl or cyclic N) is 1. The number of benzene rings is 1. The summed E-state index contributed by atoms with van der Waals surface area (Å²) in [6.07, 6.45) is -0.312. The zero-order chi connectivity index (χ0) is 17.4. The molecule has 0 radical (unpaired) electrons. The largest absolute Gasteiger partial charge is 0.390 e. The number of morpholine rings is 1. The summed E-state index contributed by atoms with van der Waals surface area (Å²) < 4.78 is 8.89. The van der Waals surface area contributed by atoms with Crippen LogP contribution in [0.3, 0.4) is 0 Å². The van der Waals surface area contributed by atoms with E-state index in [4.69, 9.17) is 16.3 Å². The summed E-state index contributed by atoms with van der Waals surface area (Å²) in [6, 6.07) is 5.36. The average molecular weight is 354 g/mol. The van der Waals surface area contributed by atoms with Crippen molar-refractivity contribution in [3.05, 3.63) is 33.7 Å². The predicted octanol–water partition coefficient (Wildman–Crippen LogP) is 1.46. The summed E-state index contributed by atoms with van der Waals surface area (Å²) >= 11 is 6.02. The fourth-order valence-electron chi connectivity index (χ4n) is 3.56. The molecule has 0 aliphatic carbocycles. The number of aryl methyl sites for hydroxylation is 1. The molecule has 0 amide bonds. The number of aliphatic hydroxyl groups is 1. The van der Waals surface area contributed by atoms with Gasteiger partial charge in [0, 0.05) is 31.7 Å². The van der Waals surface area contributed by atoms with Crippen molar-refractivity contribution in [1.82, 2.24) is 14.0 Å². The summed E-state index contributed by atoms with van der Waals surface area (Å²) in [7, 11) is 1.72. The Labute approximate surface area is 146 Å². The van der Waals surface area contributed by atoms with E-state index in [1.807, 2.05) is 19.9 Å². The lowest BCUT2D eigenvalue weighted by Gasteiger charge is -2.36. The highest BCUT2D eigenvalue weighted by Gasteiger charge is 2.24. The number of nitrogens with zero attached hydrogens (tertiary/aromatic N) is 3. The van der Waals surface area contributed by atoms with Crippen molar-refractivity contribution in [2.75, 3.05) is 19.6 Å². The van der Waals surface area contributed by atoms with Crippen LogP contribution in [-0.2, 0) is 18.3 Å². The first kappa shape index (κ1) is 17.5. The molecule has 0 saturated carbocycles. The number of hydrogen-bond acceptors (Lipinski definition) is 4. The number of rotatable bonds is 4. The zero-order valence-corrected chi connectivity index (χ0v) is 15.0. The van der Waals surface area contributed by atoms with Crippen LogP contribution in [-0.4, -0.2) is 57.1 Å². The highest BCUT2D eigenvalue weighted by Crippen LogP contribution is 2.19. The molecule has 2 heterocycles. The Balaban J connectivity index is 1.77. The number of aliphatic hydroxyl groups excluding tert-OH is 1. The molecule has 0 spiro atoms. The van der Waals surface area contributed by atoms with E-state index in [1.54, 1.807) is 28.3 Å². The van der Waals surface area contributed by atoms with Gasteiger partial charge in [-0.05, 0) is 32.0 Å². The number of aromatic nitrogens is 2. The molecule has 1 N–H and O–H groups in total. The second-order valence-electron chi connectivity index (χ2n) is 6.71. The molecule has 1 unspecified atom stereocenters. The first-order valence-electron chi connectivity index (χ1n) is 8.25. The van der Waals surface area contributed by atoms with Gasteiger partial charge in [-0.15, -0.1) is 0 Å². The predicted molar refractivity (Wildman–Crippen MR) is 94.6 cm³/mol. The van der Waals surface area contributed by atoms with Gasteiger partial charge >= 0.3 is 5.69 Å². The highest BCUT2D eigenvalue weighted by atomic mass is 35.5. The van der Waals surface area contributed by atoms with Crippen LogP contribution in [0, 0.1) is 0 Å². The first-order valence-corrected chi connectivity index (χ1v) is 8.63. The molecule has 7 heteroatoms. The van der Waals surface area contributed by atoms with Gasteiger partial charge in [-0.2, -0.15) is 0 Å². The molecular formula is C17H24ClN3O3. The van der Waals surface area contributed by atoms with E-state index in [1.165, 1.54) is 0 Å². The Kier molecular flexibility index (Phi) is 5.01. The van der Waals surface area contributed by atoms with Crippen molar-refractivity contribution < 1.29 is 9.84 Å². The minimum Gasteiger partial charge on any atom is -0.390 e. The van der Waals surface area contributed by atoms with Crippen LogP contribution < -0.4 is 5.69 Å². The Morgan fingerprint density at radius 3 is 2.58 bits per heavy atom. The molecule has 1 aromatic heterocycles. The van der Waals surface area contributed by atoms with Crippen molar-refractivity contribution >= 4 is 22.6 Å². The maximum Gasteiger partial charge on any atom is 0.328 e. The molecule has 1 aliphatic rings. The first-order chi connectivity index (χ1) is 11.3. The normalized spacial score (nSPS) is 23.7. The van der Waals surface area contributed by atoms with E-state index in [0.29, 0.717) is 11.6 Å². The molecular weight excluding hydrogens is 330 g/mol. The topological polar surface area (TPSA) is 59.6 Å². The fraction of sp³-hybridized carbons (Fsp3) is 0.588. The molecule has 132 valence electrons. The Hall–Kier alpha value is -1.34. The van der Waals surface area contributed by atoms with Crippen LogP contribution in [0.25, 0.3) is 11.0 Å². The molecule has 3 rings (SSSR count). The third-order valence-corrected chi connectivity index (χ3v) is 4.70. The number of halogens is 1. The van der Waals surface area contributed by atoms with E-state index < -0.39 is 6.10 Å². The van der Waals surface area contributed by atoms with Gasteiger partial charge in [0.2, 0.25) is 0 Å². The Morgan fingerprint density at radius 2 is 1.92 bits per heavy atom. The molecule has 1 aromatic carbocycles. The van der Waals surface area contributed by atoms with Gasteiger partial charge in [-0.1, -0.05) is 11.6 Å². The molecule has 1 saturated heterocycles. The van der Waals surface area contributed by atoms with E-state index in [0.717, 1.165) is 24.1 Å². The number of ether oxygens (including phenoxy) is 1. The minimum atomic E-state index is -0.624. The maximum absolute atomic E-state index is 12.5. The van der Waals surface area contributed by atoms with Crippen molar-refractivity contribution in [2.45, 2.75) is 38.7 Å². The third-order valence-electron chi connectivity index (χ3n) is 4.46. The smallest absolute Gasteiger partial charge is 0.328 e. The van der Waals surface area contributed by atoms with Crippen LogP contribution in [0.1, 0.15) is 13.8 Å². The standard InChI is InChI=1S/C17H24ClN3O3/c1-11-7-20(8-12(2)24-11)9-14(22)10-21-15-5-4-13(18)6-16(15)19(3)17(21)23/h4-6,11-12,14,22H,7-10H2,1-3H3/t11-,12+,14?. The quantitative estimate of drug-likeness (QED) is 0.904. The minimum absolute atomic E-state index is 0.143. The Bertz CT molecular complexity index is 775. The number of hydrogen-bond donors (Lipinski definition) is 1. The fourth-order valence-corrected chi connectivity index (χ4v) is 3.72. The lowest BCUT2D eigenvalue weighted by atomic mass is 10.2. The molecule has 1 aliphatic heterocycles. The van der Waals surface area contributed by atoms with Gasteiger partial charge in [0.15, 0.2) is 0 Å². The average Bonchev–Trinajstić information content (AvgIpc) is 2.71. The Morgan fingerprint density at radius 1 is 1.25 bits per heavy atom. The van der Waals surface area contributed by atoms with E-state index in [2.05, 4.69) is 4.90 Å². The van der Waals surface area contributed by atoms with E-state index >= 15 is 0 Å². The molecule has 2 aromatic rings. The van der Waals surface area contributed by atoms with Crippen LogP contribution in [0.2, 0.25) is 5.02 Å². The lowest BCUT2D eigenvalue weighted by Crippen LogP contribution is -2.48. The van der Waals surface area contributed by atoms with Crippen molar-refractivity contribution in [3.8, 4) is 0 Å². The highest BCUT2D eigenvalue weighted by molar-refractivity contribution is 6.31. The third kappa shape index (κ3) is 3.52. The summed E-state index contributed by atoms with van der Waals surface area (Å²) in [4.78, 5) is 14.7. The summed E-state index contributed by atoms with van der Waals surface area (Å²) in [5, 5.41) is 11.1. The second kappa shape index (κ2) is 6.88. The van der Waals surface area contributed by atoms with Gasteiger partial charge in [-0.25, -0.2) is 4.79 Å². The van der Waals surface area contributed by atoms with Crippen LogP contribution in [0.5, 0.6) is 0 Å². The SMILES string of the molecule is C[C@@H]1CN(CC(O)Cn2c(=O)n(C)c3cc(Cl)ccc32)C[C@H](C)O1. The summed E-state index contributed by atoms with van der Waals surface area (Å²) in [5.74, 6) is 0. The van der Waals surface area contributed by atoms with E-state index in [-0.39, 0.29) is 24.4 Å². The van der Waals surface area contributed by atoms with Gasteiger partial charge < -0.3 is 9.84 Å². The monoisotopic (exact) mass is 353 g/mol. The molecule has 0 bridgehead atoms. The van der Waals surface area contributed by atoms with Gasteiger partial charge in [0.1, 0.15) is 0 Å². The van der Waals surface area contributed by atoms with Crippen LogP contribution >= 0.6 is 11.6 Å².